The van der Waals surface area contributed by atoms with Crippen LogP contribution in [0, 0.1) is 0 Å². The molecule has 0 atom stereocenters. The molecule has 0 amide bonds. The molecule has 1 aromatic rings. The number of pyridine rings is 1. The molecule has 1 N–H and O–H groups in total. The van der Waals surface area contributed by atoms with Gasteiger partial charge in [0.25, 0.3) is 0 Å². The normalized spacial score (nSPS) is 11.4. The molecule has 0 spiro atoms. The molecule has 0 radical (unpaired) electrons. The molecule has 0 saturated heterocycles. The molecule has 6 heteroatoms. The Balaban J connectivity index is 2.67. The Kier molecular flexibility index (Phi) is 3.29. The summed E-state index contributed by atoms with van der Waals surface area (Å²) >= 11 is 0. The summed E-state index contributed by atoms with van der Waals surface area (Å²) < 4.78 is 39.8. The molecule has 0 saturated carbocycles. The van der Waals surface area contributed by atoms with Crippen LogP contribution in [0.15, 0.2) is 18.5 Å². The van der Waals surface area contributed by atoms with Gasteiger partial charge in [-0.1, -0.05) is 0 Å². The third-order valence-electron chi connectivity index (χ3n) is 1.43. The fraction of sp³-hybridized carbons (Fsp3) is 0.375. The van der Waals surface area contributed by atoms with Crippen LogP contribution in [-0.2, 0) is 6.61 Å². The number of nitrogens with zero attached hydrogens (tertiary/aromatic N) is 1. The third kappa shape index (κ3) is 3.21. The van der Waals surface area contributed by atoms with Crippen molar-refractivity contribution in [2.75, 3.05) is 6.61 Å². The lowest BCUT2D eigenvalue weighted by Crippen LogP contribution is -2.19. The number of aliphatic hydroxyl groups excluding tert-OH is 1. The van der Waals surface area contributed by atoms with E-state index >= 15 is 0 Å². The van der Waals surface area contributed by atoms with Gasteiger partial charge in [0.15, 0.2) is 6.61 Å². The summed E-state index contributed by atoms with van der Waals surface area (Å²) in [5.74, 6) is -0.0488. The zero-order valence-electron chi connectivity index (χ0n) is 7.08. The second-order valence-corrected chi connectivity index (χ2v) is 2.55. The first-order valence-electron chi connectivity index (χ1n) is 3.76. The van der Waals surface area contributed by atoms with Crippen LogP contribution in [0.4, 0.5) is 13.2 Å². The topological polar surface area (TPSA) is 42.4 Å². The first kappa shape index (κ1) is 10.8. The summed E-state index contributed by atoms with van der Waals surface area (Å²) in [4.78, 5) is 3.59. The Morgan fingerprint density at radius 3 is 2.71 bits per heavy atom. The number of ether oxygens (including phenoxy) is 1. The summed E-state index contributed by atoms with van der Waals surface area (Å²) in [6, 6.07) is 1.39. The smallest absolute Gasteiger partial charge is 0.422 e. The van der Waals surface area contributed by atoms with Gasteiger partial charge in [-0.3, -0.25) is 4.98 Å². The highest BCUT2D eigenvalue weighted by atomic mass is 19.4. The lowest BCUT2D eigenvalue weighted by Gasteiger charge is -2.10. The van der Waals surface area contributed by atoms with Crippen molar-refractivity contribution in [1.82, 2.24) is 4.98 Å². The van der Waals surface area contributed by atoms with Crippen LogP contribution >= 0.6 is 0 Å². The van der Waals surface area contributed by atoms with E-state index in [1.807, 2.05) is 0 Å². The van der Waals surface area contributed by atoms with Crippen LogP contribution in [0.2, 0.25) is 0 Å². The molecule has 0 fully saturated rings. The van der Waals surface area contributed by atoms with E-state index in [2.05, 4.69) is 9.72 Å². The van der Waals surface area contributed by atoms with Gasteiger partial charge in [-0.05, 0) is 6.07 Å². The molecule has 1 heterocycles. The minimum atomic E-state index is -4.39. The maximum atomic E-state index is 11.8. The highest BCUT2D eigenvalue weighted by Crippen LogP contribution is 2.20. The minimum Gasteiger partial charge on any atom is -0.482 e. The van der Waals surface area contributed by atoms with Gasteiger partial charge < -0.3 is 9.84 Å². The van der Waals surface area contributed by atoms with Gasteiger partial charge in [0.1, 0.15) is 5.75 Å². The van der Waals surface area contributed by atoms with Crippen molar-refractivity contribution >= 4 is 0 Å². The van der Waals surface area contributed by atoms with Gasteiger partial charge in [0, 0.05) is 11.8 Å². The average Bonchev–Trinajstić information content (AvgIpc) is 2.14. The average molecular weight is 207 g/mol. The van der Waals surface area contributed by atoms with Crippen LogP contribution in [0.5, 0.6) is 5.75 Å². The van der Waals surface area contributed by atoms with Crippen molar-refractivity contribution in [3.8, 4) is 5.75 Å². The number of hydrogen-bond acceptors (Lipinski definition) is 3. The van der Waals surface area contributed by atoms with Crippen molar-refractivity contribution in [3.63, 3.8) is 0 Å². The molecule has 1 rings (SSSR count). The summed E-state index contributed by atoms with van der Waals surface area (Å²) in [7, 11) is 0. The second-order valence-electron chi connectivity index (χ2n) is 2.55. The predicted octanol–water partition coefficient (Wildman–Crippen LogP) is 1.52. The van der Waals surface area contributed by atoms with E-state index < -0.39 is 12.8 Å². The molecule has 0 aliphatic carbocycles. The molecule has 1 aromatic heterocycles. The monoisotopic (exact) mass is 207 g/mol. The van der Waals surface area contributed by atoms with Crippen molar-refractivity contribution < 1.29 is 23.0 Å². The molecule has 3 nitrogen and oxygen atoms in total. The summed E-state index contributed by atoms with van der Waals surface area (Å²) in [6.45, 7) is -1.76. The molecule has 78 valence electrons. The van der Waals surface area contributed by atoms with Crippen LogP contribution in [-0.4, -0.2) is 22.9 Å². The van der Waals surface area contributed by atoms with Gasteiger partial charge in [0.05, 0.1) is 12.8 Å². The number of aliphatic hydroxyl groups is 1. The second kappa shape index (κ2) is 4.28. The van der Waals surface area contributed by atoms with E-state index in [9.17, 15) is 13.2 Å². The number of hydrogen-bond donors (Lipinski definition) is 1. The van der Waals surface area contributed by atoms with Gasteiger partial charge in [-0.25, -0.2) is 0 Å². The first-order chi connectivity index (χ1) is 6.53. The fourth-order valence-corrected chi connectivity index (χ4v) is 0.829. The van der Waals surface area contributed by atoms with Crippen LogP contribution in [0.25, 0.3) is 0 Å². The van der Waals surface area contributed by atoms with E-state index in [0.717, 1.165) is 6.20 Å². The quantitative estimate of drug-likeness (QED) is 0.816. The molecule has 0 aliphatic rings. The molecule has 14 heavy (non-hydrogen) atoms. The lowest BCUT2D eigenvalue weighted by molar-refractivity contribution is -0.153. The summed E-state index contributed by atoms with van der Waals surface area (Å²) in [5.41, 5.74) is 0.282. The van der Waals surface area contributed by atoms with Crippen LogP contribution < -0.4 is 4.74 Å². The highest BCUT2D eigenvalue weighted by Gasteiger charge is 2.28. The largest absolute Gasteiger partial charge is 0.482 e. The standard InChI is InChI=1S/C8H8F3NO2/c9-8(10,11)5-14-7-3-12-2-1-6(7)4-13/h1-3,13H,4-5H2. The number of aromatic nitrogens is 1. The minimum absolute atomic E-state index is 0.0488. The van der Waals surface area contributed by atoms with Gasteiger partial charge in [0.2, 0.25) is 0 Å². The number of alkyl halides is 3. The molecular formula is C8H8F3NO2. The number of rotatable bonds is 3. The van der Waals surface area contributed by atoms with E-state index in [-0.39, 0.29) is 17.9 Å². The molecule has 0 aromatic carbocycles. The third-order valence-corrected chi connectivity index (χ3v) is 1.43. The zero-order chi connectivity index (χ0) is 10.6. The number of halogens is 3. The molecular weight excluding hydrogens is 199 g/mol. The Bertz CT molecular complexity index is 301. The predicted molar refractivity (Wildman–Crippen MR) is 41.7 cm³/mol. The fourth-order valence-electron chi connectivity index (χ4n) is 0.829. The van der Waals surface area contributed by atoms with Crippen LogP contribution in [0.1, 0.15) is 5.56 Å². The lowest BCUT2D eigenvalue weighted by atomic mass is 10.2. The Hall–Kier alpha value is -1.30. The van der Waals surface area contributed by atoms with E-state index in [1.165, 1.54) is 12.3 Å². The Labute approximate surface area is 78.2 Å². The van der Waals surface area contributed by atoms with Gasteiger partial charge >= 0.3 is 6.18 Å². The van der Waals surface area contributed by atoms with Crippen LogP contribution in [0.3, 0.4) is 0 Å². The summed E-state index contributed by atoms with van der Waals surface area (Å²) in [5, 5.41) is 8.76. The first-order valence-corrected chi connectivity index (χ1v) is 3.76. The van der Waals surface area contributed by atoms with Crippen molar-refractivity contribution in [1.29, 1.82) is 0 Å². The van der Waals surface area contributed by atoms with Crippen molar-refractivity contribution in [3.05, 3.63) is 24.0 Å². The molecule has 0 bridgehead atoms. The van der Waals surface area contributed by atoms with E-state index in [0.29, 0.717) is 0 Å². The van der Waals surface area contributed by atoms with Gasteiger partial charge in [-0.2, -0.15) is 13.2 Å². The Morgan fingerprint density at radius 2 is 2.14 bits per heavy atom. The summed E-state index contributed by atoms with van der Waals surface area (Å²) in [6.07, 6.45) is -1.88. The van der Waals surface area contributed by atoms with Crippen molar-refractivity contribution in [2.24, 2.45) is 0 Å². The highest BCUT2D eigenvalue weighted by molar-refractivity contribution is 5.28. The SMILES string of the molecule is OCc1ccncc1OCC(F)(F)F. The molecule has 0 aliphatic heterocycles. The maximum Gasteiger partial charge on any atom is 0.422 e. The maximum absolute atomic E-state index is 11.8. The van der Waals surface area contributed by atoms with E-state index in [4.69, 9.17) is 5.11 Å². The zero-order valence-corrected chi connectivity index (χ0v) is 7.08. The Morgan fingerprint density at radius 1 is 1.43 bits per heavy atom. The van der Waals surface area contributed by atoms with Gasteiger partial charge in [-0.15, -0.1) is 0 Å². The van der Waals surface area contributed by atoms with Crippen molar-refractivity contribution in [2.45, 2.75) is 12.8 Å². The van der Waals surface area contributed by atoms with E-state index in [1.54, 1.807) is 0 Å². The molecule has 0 unspecified atom stereocenters.